The fourth-order valence-electron chi connectivity index (χ4n) is 1.37. The summed E-state index contributed by atoms with van der Waals surface area (Å²) >= 11 is 0. The van der Waals surface area contributed by atoms with E-state index >= 15 is 0 Å². The Morgan fingerprint density at radius 3 is 1.13 bits per heavy atom. The summed E-state index contributed by atoms with van der Waals surface area (Å²) in [7, 11) is -16.9. The van der Waals surface area contributed by atoms with Gasteiger partial charge in [0.05, 0.1) is 0 Å². The minimum atomic E-state index is -5.83. The van der Waals surface area contributed by atoms with Gasteiger partial charge in [0.2, 0.25) is 0 Å². The molecule has 0 spiro atoms. The van der Waals surface area contributed by atoms with Crippen LogP contribution in [0, 0.1) is 0 Å². The van der Waals surface area contributed by atoms with Crippen molar-refractivity contribution in [3.05, 3.63) is 60.7 Å². The SMILES string of the molecule is O=S(=O)(Oc1ccccc1)S(=O)(=O)S(=O)(=O)Oc1ccccc1. The van der Waals surface area contributed by atoms with Gasteiger partial charge in [-0.15, -0.1) is 0 Å². The lowest BCUT2D eigenvalue weighted by atomic mass is 10.3. The second kappa shape index (κ2) is 6.18. The third-order valence-electron chi connectivity index (χ3n) is 2.38. The van der Waals surface area contributed by atoms with Crippen LogP contribution in [0.25, 0.3) is 0 Å². The second-order valence-corrected chi connectivity index (χ2v) is 12.5. The predicted molar refractivity (Wildman–Crippen MR) is 80.9 cm³/mol. The molecule has 0 atom stereocenters. The Labute approximate surface area is 132 Å². The Balaban J connectivity index is 2.36. The Morgan fingerprint density at radius 2 is 0.826 bits per heavy atom. The summed E-state index contributed by atoms with van der Waals surface area (Å²) in [5.41, 5.74) is 0. The molecule has 23 heavy (non-hydrogen) atoms. The molecule has 0 aromatic heterocycles. The van der Waals surface area contributed by atoms with Gasteiger partial charge in [-0.2, -0.15) is 25.3 Å². The number of hydrogen-bond donors (Lipinski definition) is 0. The molecule has 2 aromatic rings. The first-order valence-electron chi connectivity index (χ1n) is 5.90. The van der Waals surface area contributed by atoms with Crippen LogP contribution in [0.2, 0.25) is 0 Å². The molecular weight excluding hydrogens is 368 g/mol. The van der Waals surface area contributed by atoms with E-state index < -0.39 is 26.2 Å². The lowest BCUT2D eigenvalue weighted by Crippen LogP contribution is -2.31. The van der Waals surface area contributed by atoms with Crippen LogP contribution in [0.3, 0.4) is 0 Å². The summed E-state index contributed by atoms with van der Waals surface area (Å²) in [5, 5.41) is 0. The first kappa shape index (κ1) is 17.2. The normalized spacial score (nSPS) is 12.5. The molecule has 0 radical (unpaired) electrons. The molecule has 0 saturated heterocycles. The minimum absolute atomic E-state index is 0.356. The molecule has 0 aliphatic rings. The van der Waals surface area contributed by atoms with Crippen LogP contribution in [0.4, 0.5) is 0 Å². The van der Waals surface area contributed by atoms with E-state index in [1.54, 1.807) is 0 Å². The third-order valence-corrected chi connectivity index (χ3v) is 10.6. The van der Waals surface area contributed by atoms with Crippen LogP contribution in [-0.4, -0.2) is 25.3 Å². The lowest BCUT2D eigenvalue weighted by Gasteiger charge is -2.09. The van der Waals surface area contributed by atoms with E-state index in [0.29, 0.717) is 0 Å². The summed E-state index contributed by atoms with van der Waals surface area (Å²) in [6.45, 7) is 0. The van der Waals surface area contributed by atoms with Crippen molar-refractivity contribution in [1.29, 1.82) is 0 Å². The summed E-state index contributed by atoms with van der Waals surface area (Å²) in [5.74, 6) is -0.711. The molecule has 124 valence electrons. The van der Waals surface area contributed by atoms with Gasteiger partial charge in [-0.3, -0.25) is 0 Å². The van der Waals surface area contributed by atoms with Crippen molar-refractivity contribution in [2.24, 2.45) is 0 Å². The van der Waals surface area contributed by atoms with E-state index in [9.17, 15) is 25.3 Å². The van der Waals surface area contributed by atoms with Gasteiger partial charge in [0.15, 0.2) is 0 Å². The highest BCUT2D eigenvalue weighted by molar-refractivity contribution is 8.97. The molecule has 0 aliphatic heterocycles. The molecule has 11 heteroatoms. The average molecular weight is 378 g/mol. The zero-order chi connectivity index (χ0) is 17.1. The van der Waals surface area contributed by atoms with Gasteiger partial charge in [-0.1, -0.05) is 36.4 Å². The fourth-order valence-corrected chi connectivity index (χ4v) is 6.36. The zero-order valence-corrected chi connectivity index (χ0v) is 13.7. The first-order chi connectivity index (χ1) is 10.7. The Kier molecular flexibility index (Phi) is 4.63. The van der Waals surface area contributed by atoms with Crippen molar-refractivity contribution in [2.45, 2.75) is 0 Å². The minimum Gasteiger partial charge on any atom is -0.371 e. The van der Waals surface area contributed by atoms with Crippen molar-refractivity contribution < 1.29 is 33.6 Å². The van der Waals surface area contributed by atoms with Crippen molar-refractivity contribution >= 4 is 26.2 Å². The third kappa shape index (κ3) is 3.63. The smallest absolute Gasteiger partial charge is 0.371 e. The van der Waals surface area contributed by atoms with Crippen LogP contribution >= 0.6 is 0 Å². The molecule has 0 saturated carbocycles. The highest BCUT2D eigenvalue weighted by Gasteiger charge is 2.47. The van der Waals surface area contributed by atoms with Crippen molar-refractivity contribution in [3.63, 3.8) is 0 Å². The topological polar surface area (TPSA) is 121 Å². The summed E-state index contributed by atoms with van der Waals surface area (Å²) in [6, 6.07) is 13.2. The van der Waals surface area contributed by atoms with E-state index in [4.69, 9.17) is 0 Å². The number of benzene rings is 2. The maximum Gasteiger partial charge on any atom is 0.436 e. The average Bonchev–Trinajstić information content (AvgIpc) is 2.48. The molecule has 0 amide bonds. The highest BCUT2D eigenvalue weighted by atomic mass is 33.6. The molecule has 0 aliphatic carbocycles. The van der Waals surface area contributed by atoms with Gasteiger partial charge >= 0.3 is 26.2 Å². The predicted octanol–water partition coefficient (Wildman–Crippen LogP) is 1.05. The number of hydrogen-bond acceptors (Lipinski definition) is 8. The van der Waals surface area contributed by atoms with Crippen LogP contribution in [-0.2, 0) is 26.2 Å². The van der Waals surface area contributed by atoms with E-state index in [2.05, 4.69) is 8.37 Å². The van der Waals surface area contributed by atoms with Crippen LogP contribution in [0.15, 0.2) is 60.7 Å². The van der Waals surface area contributed by atoms with Gasteiger partial charge in [-0.25, -0.2) is 0 Å². The van der Waals surface area contributed by atoms with Crippen LogP contribution in [0.5, 0.6) is 11.5 Å². The lowest BCUT2D eigenvalue weighted by molar-refractivity contribution is 0.487. The maximum absolute atomic E-state index is 11.9. The van der Waals surface area contributed by atoms with Gasteiger partial charge < -0.3 is 8.37 Å². The van der Waals surface area contributed by atoms with Crippen molar-refractivity contribution in [2.75, 3.05) is 0 Å². The molecule has 0 N–H and O–H groups in total. The molecule has 0 fully saturated rings. The Morgan fingerprint density at radius 1 is 0.522 bits per heavy atom. The monoisotopic (exact) mass is 378 g/mol. The molecular formula is C12H10O8S3. The van der Waals surface area contributed by atoms with E-state index in [1.807, 2.05) is 0 Å². The largest absolute Gasteiger partial charge is 0.436 e. The summed E-state index contributed by atoms with van der Waals surface area (Å²) < 4.78 is 79.5. The molecule has 0 bridgehead atoms. The Bertz CT molecular complexity index is 901. The van der Waals surface area contributed by atoms with Crippen molar-refractivity contribution in [3.8, 4) is 11.5 Å². The zero-order valence-electron chi connectivity index (χ0n) is 11.3. The standard InChI is InChI=1S/C12H10O8S3/c13-21(14,19-11-7-3-1-4-8-11)23(17,18)22(15,16)20-12-9-5-2-6-10-12/h1-10H. The quantitative estimate of drug-likeness (QED) is 0.684. The van der Waals surface area contributed by atoms with Crippen LogP contribution < -0.4 is 8.37 Å². The first-order valence-corrected chi connectivity index (χ1v) is 11.2. The highest BCUT2D eigenvalue weighted by Crippen LogP contribution is 2.22. The number of rotatable bonds is 6. The van der Waals surface area contributed by atoms with E-state index in [1.165, 1.54) is 36.4 Å². The molecule has 2 aromatic carbocycles. The summed E-state index contributed by atoms with van der Waals surface area (Å²) in [4.78, 5) is 0. The van der Waals surface area contributed by atoms with Gasteiger partial charge in [-0.05, 0) is 24.3 Å². The molecule has 8 nitrogen and oxygen atoms in total. The Hall–Kier alpha value is -2.11. The summed E-state index contributed by atoms with van der Waals surface area (Å²) in [6.07, 6.45) is 0. The van der Waals surface area contributed by atoms with Crippen molar-refractivity contribution in [1.82, 2.24) is 0 Å². The molecule has 2 rings (SSSR count). The maximum atomic E-state index is 11.9. The van der Waals surface area contributed by atoms with Gasteiger partial charge in [0.25, 0.3) is 0 Å². The number of para-hydroxylation sites is 2. The van der Waals surface area contributed by atoms with Crippen LogP contribution in [0.1, 0.15) is 0 Å². The fraction of sp³-hybridized carbons (Fsp3) is 0. The van der Waals surface area contributed by atoms with E-state index in [-0.39, 0.29) is 11.5 Å². The van der Waals surface area contributed by atoms with E-state index in [0.717, 1.165) is 24.3 Å². The van der Waals surface area contributed by atoms with Gasteiger partial charge in [0.1, 0.15) is 11.5 Å². The molecule has 0 heterocycles. The second-order valence-electron chi connectivity index (χ2n) is 4.02. The van der Waals surface area contributed by atoms with Gasteiger partial charge in [0, 0.05) is 0 Å². The molecule has 0 unspecified atom stereocenters.